The predicted molar refractivity (Wildman–Crippen MR) is 102 cm³/mol. The third-order valence-corrected chi connectivity index (χ3v) is 4.03. The van der Waals surface area contributed by atoms with Gasteiger partial charge in [0, 0.05) is 6.54 Å². The minimum absolute atomic E-state index is 0.114. The van der Waals surface area contributed by atoms with E-state index in [0.29, 0.717) is 18.1 Å². The SMILES string of the molecule is O=C(Cc1cccc2ccccc12)NC(=S)NCc1ccccc1. The first-order valence-corrected chi connectivity index (χ1v) is 8.21. The van der Waals surface area contributed by atoms with Crippen molar-refractivity contribution >= 4 is 34.0 Å². The van der Waals surface area contributed by atoms with Gasteiger partial charge in [0.25, 0.3) is 0 Å². The molecular weight excluding hydrogens is 316 g/mol. The van der Waals surface area contributed by atoms with Gasteiger partial charge in [0.05, 0.1) is 6.42 Å². The van der Waals surface area contributed by atoms with Gasteiger partial charge >= 0.3 is 0 Å². The van der Waals surface area contributed by atoms with E-state index in [2.05, 4.69) is 10.6 Å². The van der Waals surface area contributed by atoms with Crippen molar-refractivity contribution < 1.29 is 4.79 Å². The van der Waals surface area contributed by atoms with Gasteiger partial charge < -0.3 is 10.6 Å². The second-order valence-electron chi connectivity index (χ2n) is 5.53. The van der Waals surface area contributed by atoms with Crippen LogP contribution in [0.4, 0.5) is 0 Å². The Morgan fingerprint density at radius 1 is 0.875 bits per heavy atom. The summed E-state index contributed by atoms with van der Waals surface area (Å²) in [7, 11) is 0. The molecule has 3 nitrogen and oxygen atoms in total. The Morgan fingerprint density at radius 3 is 2.42 bits per heavy atom. The summed E-state index contributed by atoms with van der Waals surface area (Å²) >= 11 is 5.20. The number of benzene rings is 3. The average Bonchev–Trinajstić information content (AvgIpc) is 2.61. The van der Waals surface area contributed by atoms with Crippen LogP contribution in [0.15, 0.2) is 72.8 Å². The van der Waals surface area contributed by atoms with Gasteiger partial charge in [0.2, 0.25) is 5.91 Å². The molecule has 0 spiro atoms. The van der Waals surface area contributed by atoms with Gasteiger partial charge in [0.1, 0.15) is 0 Å². The van der Waals surface area contributed by atoms with Crippen molar-refractivity contribution in [2.24, 2.45) is 0 Å². The summed E-state index contributed by atoms with van der Waals surface area (Å²) in [6, 6.07) is 24.0. The zero-order chi connectivity index (χ0) is 16.8. The Kier molecular flexibility index (Phi) is 5.18. The molecule has 0 saturated carbocycles. The third kappa shape index (κ3) is 4.18. The summed E-state index contributed by atoms with van der Waals surface area (Å²) in [5.41, 5.74) is 2.11. The highest BCUT2D eigenvalue weighted by Gasteiger charge is 2.08. The van der Waals surface area contributed by atoms with Crippen LogP contribution in [0.3, 0.4) is 0 Å². The number of thiocarbonyl (C=S) groups is 1. The van der Waals surface area contributed by atoms with Crippen molar-refractivity contribution in [1.29, 1.82) is 0 Å². The van der Waals surface area contributed by atoms with E-state index in [1.807, 2.05) is 72.8 Å². The van der Waals surface area contributed by atoms with Crippen LogP contribution in [0.5, 0.6) is 0 Å². The Hall–Kier alpha value is -2.72. The lowest BCUT2D eigenvalue weighted by molar-refractivity contribution is -0.119. The van der Waals surface area contributed by atoms with Crippen molar-refractivity contribution in [3.63, 3.8) is 0 Å². The number of carbonyl (C=O) groups excluding carboxylic acids is 1. The van der Waals surface area contributed by atoms with Gasteiger partial charge in [-0.3, -0.25) is 4.79 Å². The fourth-order valence-corrected chi connectivity index (χ4v) is 2.80. The van der Waals surface area contributed by atoms with E-state index in [0.717, 1.165) is 21.9 Å². The Balaban J connectivity index is 1.58. The monoisotopic (exact) mass is 334 g/mol. The zero-order valence-electron chi connectivity index (χ0n) is 13.2. The number of rotatable bonds is 4. The third-order valence-electron chi connectivity index (χ3n) is 3.78. The van der Waals surface area contributed by atoms with E-state index in [4.69, 9.17) is 12.2 Å². The van der Waals surface area contributed by atoms with Crippen molar-refractivity contribution in [2.75, 3.05) is 0 Å². The molecule has 4 heteroatoms. The van der Waals surface area contributed by atoms with Crippen molar-refractivity contribution in [3.05, 3.63) is 83.9 Å². The molecule has 3 aromatic carbocycles. The molecule has 0 heterocycles. The maximum Gasteiger partial charge on any atom is 0.230 e. The minimum Gasteiger partial charge on any atom is -0.358 e. The lowest BCUT2D eigenvalue weighted by Crippen LogP contribution is -2.39. The molecule has 120 valence electrons. The molecule has 0 saturated heterocycles. The summed E-state index contributed by atoms with van der Waals surface area (Å²) in [4.78, 5) is 12.2. The highest BCUT2D eigenvalue weighted by Crippen LogP contribution is 2.18. The molecule has 2 N–H and O–H groups in total. The Bertz CT molecular complexity index is 856. The summed E-state index contributed by atoms with van der Waals surface area (Å²) < 4.78 is 0. The second kappa shape index (κ2) is 7.70. The molecule has 24 heavy (non-hydrogen) atoms. The molecule has 0 bridgehead atoms. The Labute approximate surface area is 146 Å². The number of fused-ring (bicyclic) bond motifs is 1. The number of nitrogens with one attached hydrogen (secondary N) is 2. The molecule has 3 aromatic rings. The quantitative estimate of drug-likeness (QED) is 0.717. The standard InChI is InChI=1S/C20H18N2OS/c23-19(22-20(24)21-14-15-7-2-1-3-8-15)13-17-11-6-10-16-9-4-5-12-18(16)17/h1-12H,13-14H2,(H2,21,22,23,24). The molecule has 0 aliphatic rings. The molecule has 0 fully saturated rings. The van der Waals surface area contributed by atoms with Crippen LogP contribution in [0.25, 0.3) is 10.8 Å². The summed E-state index contributed by atoms with van der Waals surface area (Å²) in [6.07, 6.45) is 0.300. The van der Waals surface area contributed by atoms with Crippen molar-refractivity contribution in [3.8, 4) is 0 Å². The first-order chi connectivity index (χ1) is 11.7. The molecule has 0 aliphatic carbocycles. The summed E-state index contributed by atoms with van der Waals surface area (Å²) in [5, 5.41) is 8.38. The van der Waals surface area contributed by atoms with E-state index in [1.165, 1.54) is 0 Å². The predicted octanol–water partition coefficient (Wildman–Crippen LogP) is 3.57. The highest BCUT2D eigenvalue weighted by molar-refractivity contribution is 7.80. The Morgan fingerprint density at radius 2 is 1.58 bits per heavy atom. The molecule has 0 atom stereocenters. The van der Waals surface area contributed by atoms with Crippen molar-refractivity contribution in [2.45, 2.75) is 13.0 Å². The molecule has 0 aliphatic heterocycles. The number of carbonyl (C=O) groups is 1. The van der Waals surface area contributed by atoms with Crippen LogP contribution in [0.2, 0.25) is 0 Å². The lowest BCUT2D eigenvalue weighted by Gasteiger charge is -2.10. The maximum atomic E-state index is 12.2. The molecule has 1 amide bonds. The second-order valence-corrected chi connectivity index (χ2v) is 5.94. The minimum atomic E-state index is -0.114. The van der Waals surface area contributed by atoms with E-state index < -0.39 is 0 Å². The van der Waals surface area contributed by atoms with Crippen LogP contribution >= 0.6 is 12.2 Å². The number of hydrogen-bond donors (Lipinski definition) is 2. The molecule has 0 unspecified atom stereocenters. The topological polar surface area (TPSA) is 41.1 Å². The lowest BCUT2D eigenvalue weighted by atomic mass is 10.0. The van der Waals surface area contributed by atoms with Gasteiger partial charge in [0.15, 0.2) is 5.11 Å². The smallest absolute Gasteiger partial charge is 0.230 e. The summed E-state index contributed by atoms with van der Waals surface area (Å²) in [5.74, 6) is -0.114. The first kappa shape index (κ1) is 16.1. The highest BCUT2D eigenvalue weighted by atomic mass is 32.1. The van der Waals surface area contributed by atoms with Gasteiger partial charge in [-0.1, -0.05) is 72.8 Å². The zero-order valence-corrected chi connectivity index (χ0v) is 14.0. The summed E-state index contributed by atoms with van der Waals surface area (Å²) in [6.45, 7) is 0.591. The molecular formula is C20H18N2OS. The number of amides is 1. The normalized spacial score (nSPS) is 10.3. The van der Waals surface area contributed by atoms with Gasteiger partial charge in [-0.15, -0.1) is 0 Å². The van der Waals surface area contributed by atoms with Gasteiger partial charge in [-0.25, -0.2) is 0 Å². The van der Waals surface area contributed by atoms with E-state index in [1.54, 1.807) is 0 Å². The average molecular weight is 334 g/mol. The fourth-order valence-electron chi connectivity index (χ4n) is 2.61. The van der Waals surface area contributed by atoms with Crippen LogP contribution < -0.4 is 10.6 Å². The first-order valence-electron chi connectivity index (χ1n) is 7.80. The van der Waals surface area contributed by atoms with Crippen LogP contribution in [0, 0.1) is 0 Å². The molecule has 0 radical (unpaired) electrons. The van der Waals surface area contributed by atoms with E-state index >= 15 is 0 Å². The van der Waals surface area contributed by atoms with E-state index in [-0.39, 0.29) is 5.91 Å². The van der Waals surface area contributed by atoms with Crippen LogP contribution in [0.1, 0.15) is 11.1 Å². The van der Waals surface area contributed by atoms with Gasteiger partial charge in [-0.05, 0) is 34.1 Å². The maximum absolute atomic E-state index is 12.2. The van der Waals surface area contributed by atoms with Crippen molar-refractivity contribution in [1.82, 2.24) is 10.6 Å². The molecule has 3 rings (SSSR count). The van der Waals surface area contributed by atoms with Gasteiger partial charge in [-0.2, -0.15) is 0 Å². The fraction of sp³-hybridized carbons (Fsp3) is 0.100. The largest absolute Gasteiger partial charge is 0.358 e. The number of hydrogen-bond acceptors (Lipinski definition) is 2. The van der Waals surface area contributed by atoms with Crippen LogP contribution in [-0.4, -0.2) is 11.0 Å². The van der Waals surface area contributed by atoms with Crippen LogP contribution in [-0.2, 0) is 17.8 Å². The van der Waals surface area contributed by atoms with E-state index in [9.17, 15) is 4.79 Å². The molecule has 0 aromatic heterocycles.